The molecule has 1 atom stereocenters. The Morgan fingerprint density at radius 1 is 1.00 bits per heavy atom. The lowest BCUT2D eigenvalue weighted by Gasteiger charge is -2.01. The molecular weight excluding hydrogens is 238 g/mol. The van der Waals surface area contributed by atoms with Crippen LogP contribution in [0.4, 0.5) is 5.69 Å². The van der Waals surface area contributed by atoms with E-state index in [-0.39, 0.29) is 5.75 Å². The van der Waals surface area contributed by atoms with E-state index >= 15 is 0 Å². The highest BCUT2D eigenvalue weighted by Gasteiger charge is 1.84. The number of anilines is 1. The average molecular weight is 250 g/mol. The number of nitrogen functional groups attached to an aromatic ring is 1. The van der Waals surface area contributed by atoms with E-state index in [1.807, 2.05) is 0 Å². The van der Waals surface area contributed by atoms with E-state index in [0.29, 0.717) is 10.6 Å². The van der Waals surface area contributed by atoms with Crippen molar-refractivity contribution in [3.63, 3.8) is 0 Å². The maximum atomic E-state index is 10.2. The van der Waals surface area contributed by atoms with Crippen LogP contribution in [0.5, 0.6) is 5.75 Å². The normalized spacial score (nSPS) is 11.1. The second kappa shape index (κ2) is 6.67. The van der Waals surface area contributed by atoms with E-state index < -0.39 is 11.1 Å². The number of phenols is 1. The van der Waals surface area contributed by atoms with Gasteiger partial charge in [0.25, 0.3) is 0 Å². The largest absolute Gasteiger partial charge is 0.768 e. The lowest BCUT2D eigenvalue weighted by Crippen LogP contribution is -1.85. The molecule has 0 saturated heterocycles. The van der Waals surface area contributed by atoms with E-state index in [1.54, 1.807) is 54.6 Å². The third-order valence-electron chi connectivity index (χ3n) is 1.83. The topological polar surface area (TPSA) is 86.4 Å². The highest BCUT2D eigenvalue weighted by molar-refractivity contribution is 7.79. The second-order valence-electron chi connectivity index (χ2n) is 3.14. The van der Waals surface area contributed by atoms with Crippen LogP contribution < -0.4 is 5.73 Å². The van der Waals surface area contributed by atoms with E-state index in [1.165, 1.54) is 0 Å². The summed E-state index contributed by atoms with van der Waals surface area (Å²) in [6, 6.07) is 14.6. The van der Waals surface area contributed by atoms with E-state index in [0.717, 1.165) is 0 Å². The minimum atomic E-state index is -2.08. The van der Waals surface area contributed by atoms with Gasteiger partial charge in [-0.3, -0.25) is 4.21 Å². The molecule has 0 amide bonds. The Balaban J connectivity index is 0.000000171. The summed E-state index contributed by atoms with van der Waals surface area (Å²) in [4.78, 5) is 0.331. The van der Waals surface area contributed by atoms with Crippen LogP contribution in [0.1, 0.15) is 0 Å². The number of rotatable bonds is 1. The highest BCUT2D eigenvalue weighted by Crippen LogP contribution is 2.09. The first kappa shape index (κ1) is 13.2. The van der Waals surface area contributed by atoms with Gasteiger partial charge in [0, 0.05) is 10.6 Å². The zero-order chi connectivity index (χ0) is 12.7. The number of nitrogens with two attached hydrogens (primary N) is 1. The van der Waals surface area contributed by atoms with Gasteiger partial charge in [-0.2, -0.15) is 0 Å². The SMILES string of the molecule is Nc1ccc(O)cc1.O=S([O-])c1ccccc1. The van der Waals surface area contributed by atoms with Gasteiger partial charge in [-0.05, 0) is 47.5 Å². The van der Waals surface area contributed by atoms with Crippen LogP contribution in [-0.4, -0.2) is 13.9 Å². The van der Waals surface area contributed by atoms with Crippen LogP contribution in [0.2, 0.25) is 0 Å². The molecule has 90 valence electrons. The lowest BCUT2D eigenvalue weighted by atomic mass is 10.3. The third-order valence-corrected chi connectivity index (χ3v) is 2.49. The summed E-state index contributed by atoms with van der Waals surface area (Å²) in [5.41, 5.74) is 5.98. The fraction of sp³-hybridized carbons (Fsp3) is 0. The van der Waals surface area contributed by atoms with Gasteiger partial charge < -0.3 is 15.4 Å². The summed E-state index contributed by atoms with van der Waals surface area (Å²) >= 11 is -2.08. The molecule has 2 aromatic carbocycles. The molecule has 0 saturated carbocycles. The molecule has 0 bridgehead atoms. The zero-order valence-electron chi connectivity index (χ0n) is 8.95. The summed E-state index contributed by atoms with van der Waals surface area (Å²) in [5, 5.41) is 8.70. The zero-order valence-corrected chi connectivity index (χ0v) is 9.76. The van der Waals surface area contributed by atoms with Crippen molar-refractivity contribution in [1.29, 1.82) is 0 Å². The average Bonchev–Trinajstić information content (AvgIpc) is 2.35. The fourth-order valence-electron chi connectivity index (χ4n) is 1.01. The molecule has 1 unspecified atom stereocenters. The summed E-state index contributed by atoms with van der Waals surface area (Å²) in [5.74, 6) is 0.249. The minimum absolute atomic E-state index is 0.249. The molecule has 5 heteroatoms. The van der Waals surface area contributed by atoms with Gasteiger partial charge in [-0.25, -0.2) is 0 Å². The van der Waals surface area contributed by atoms with Gasteiger partial charge in [0.05, 0.1) is 0 Å². The monoisotopic (exact) mass is 250 g/mol. The summed E-state index contributed by atoms with van der Waals surface area (Å²) in [7, 11) is 0. The lowest BCUT2D eigenvalue weighted by molar-refractivity contribution is 0.475. The molecule has 0 aliphatic heterocycles. The molecule has 0 aromatic heterocycles. The molecule has 0 aliphatic rings. The van der Waals surface area contributed by atoms with Crippen molar-refractivity contribution in [2.45, 2.75) is 4.90 Å². The van der Waals surface area contributed by atoms with E-state index in [2.05, 4.69) is 0 Å². The molecule has 4 nitrogen and oxygen atoms in total. The van der Waals surface area contributed by atoms with E-state index in [4.69, 9.17) is 10.8 Å². The van der Waals surface area contributed by atoms with Gasteiger partial charge >= 0.3 is 0 Å². The Kier molecular flexibility index (Phi) is 5.19. The van der Waals surface area contributed by atoms with Gasteiger partial charge in [-0.1, -0.05) is 18.2 Å². The Morgan fingerprint density at radius 3 is 1.88 bits per heavy atom. The molecule has 17 heavy (non-hydrogen) atoms. The number of benzene rings is 2. The quantitative estimate of drug-likeness (QED) is 0.460. The molecule has 0 spiro atoms. The third kappa shape index (κ3) is 5.14. The van der Waals surface area contributed by atoms with Crippen LogP contribution in [0.25, 0.3) is 0 Å². The van der Waals surface area contributed by atoms with Crippen molar-refractivity contribution < 1.29 is 13.9 Å². The van der Waals surface area contributed by atoms with Crippen molar-refractivity contribution in [3.05, 3.63) is 54.6 Å². The van der Waals surface area contributed by atoms with E-state index in [9.17, 15) is 8.76 Å². The molecule has 0 heterocycles. The predicted octanol–water partition coefficient (Wildman–Crippen LogP) is 1.90. The first-order valence-electron chi connectivity index (χ1n) is 4.78. The summed E-state index contributed by atoms with van der Waals surface area (Å²) < 4.78 is 20.4. The molecule has 0 fully saturated rings. The van der Waals surface area contributed by atoms with Gasteiger partial charge in [0.2, 0.25) is 0 Å². The molecule has 0 radical (unpaired) electrons. The molecule has 3 N–H and O–H groups in total. The smallest absolute Gasteiger partial charge is 0.115 e. The first-order valence-corrected chi connectivity index (χ1v) is 5.86. The van der Waals surface area contributed by atoms with Crippen molar-refractivity contribution in [2.75, 3.05) is 5.73 Å². The number of hydrogen-bond donors (Lipinski definition) is 2. The second-order valence-corrected chi connectivity index (χ2v) is 4.08. The fourth-order valence-corrected chi connectivity index (χ4v) is 1.39. The summed E-state index contributed by atoms with van der Waals surface area (Å²) in [6.45, 7) is 0. The van der Waals surface area contributed by atoms with Crippen LogP contribution in [0, 0.1) is 0 Å². The number of aromatic hydroxyl groups is 1. The molecule has 2 rings (SSSR count). The van der Waals surface area contributed by atoms with Crippen LogP contribution in [0.15, 0.2) is 59.5 Å². The minimum Gasteiger partial charge on any atom is -0.768 e. The van der Waals surface area contributed by atoms with Crippen molar-refractivity contribution in [1.82, 2.24) is 0 Å². The summed E-state index contributed by atoms with van der Waals surface area (Å²) in [6.07, 6.45) is 0. The van der Waals surface area contributed by atoms with Crippen molar-refractivity contribution >= 4 is 16.8 Å². The van der Waals surface area contributed by atoms with Crippen LogP contribution in [0.3, 0.4) is 0 Å². The molecular formula is C12H12NO3S-. The standard InChI is InChI=1S/C6H7NO.C6H6O2S/c7-5-1-3-6(8)4-2-5;7-9(8)6-4-2-1-3-5-6/h1-4,8H,7H2;1-5H,(H,7,8)/p-1. The predicted molar refractivity (Wildman–Crippen MR) is 66.1 cm³/mol. The maximum Gasteiger partial charge on any atom is 0.115 e. The van der Waals surface area contributed by atoms with Gasteiger partial charge in [-0.15, -0.1) is 0 Å². The Hall–Kier alpha value is -1.85. The molecule has 0 aliphatic carbocycles. The van der Waals surface area contributed by atoms with Crippen molar-refractivity contribution in [2.24, 2.45) is 0 Å². The Morgan fingerprint density at radius 2 is 1.53 bits per heavy atom. The first-order chi connectivity index (χ1) is 8.09. The van der Waals surface area contributed by atoms with Gasteiger partial charge in [0.1, 0.15) is 5.75 Å². The van der Waals surface area contributed by atoms with Crippen molar-refractivity contribution in [3.8, 4) is 5.75 Å². The molecule has 2 aromatic rings. The highest BCUT2D eigenvalue weighted by atomic mass is 32.2. The Bertz CT molecular complexity index is 450. The number of phenolic OH excluding ortho intramolecular Hbond substituents is 1. The van der Waals surface area contributed by atoms with Crippen LogP contribution in [-0.2, 0) is 11.1 Å². The maximum absolute atomic E-state index is 10.2. The van der Waals surface area contributed by atoms with Crippen LogP contribution >= 0.6 is 0 Å². The number of hydrogen-bond acceptors (Lipinski definition) is 4. The Labute approximate surface area is 102 Å². The van der Waals surface area contributed by atoms with Gasteiger partial charge in [0.15, 0.2) is 0 Å².